The van der Waals surface area contributed by atoms with Crippen molar-refractivity contribution in [1.82, 2.24) is 10.2 Å². The van der Waals surface area contributed by atoms with Gasteiger partial charge in [-0.1, -0.05) is 54.6 Å². The van der Waals surface area contributed by atoms with Crippen molar-refractivity contribution in [3.63, 3.8) is 0 Å². The summed E-state index contributed by atoms with van der Waals surface area (Å²) in [5.74, 6) is 0.602. The highest BCUT2D eigenvalue weighted by Gasteiger charge is 2.42. The van der Waals surface area contributed by atoms with E-state index in [0.717, 1.165) is 44.5 Å². The van der Waals surface area contributed by atoms with Crippen molar-refractivity contribution in [2.75, 3.05) is 19.6 Å². The van der Waals surface area contributed by atoms with Crippen molar-refractivity contribution in [3.05, 3.63) is 71.3 Å². The van der Waals surface area contributed by atoms with Gasteiger partial charge in [-0.15, -0.1) is 0 Å². The third-order valence-electron chi connectivity index (χ3n) is 7.12. The van der Waals surface area contributed by atoms with Gasteiger partial charge >= 0.3 is 6.09 Å². The fourth-order valence-electron chi connectivity index (χ4n) is 5.04. The Morgan fingerprint density at radius 2 is 1.74 bits per heavy atom. The van der Waals surface area contributed by atoms with Crippen molar-refractivity contribution >= 4 is 6.09 Å². The van der Waals surface area contributed by atoms with Gasteiger partial charge in [-0.3, -0.25) is 0 Å². The molecule has 5 heteroatoms. The molecular formula is C29H37N3O2. The summed E-state index contributed by atoms with van der Waals surface area (Å²) < 4.78 is 5.62. The molecule has 180 valence electrons. The maximum atomic E-state index is 12.6. The normalized spacial score (nSPS) is 21.5. The van der Waals surface area contributed by atoms with Gasteiger partial charge in [0.1, 0.15) is 5.60 Å². The number of carbonyl (C=O) groups is 1. The van der Waals surface area contributed by atoms with E-state index >= 15 is 0 Å². The van der Waals surface area contributed by atoms with E-state index in [1.165, 1.54) is 17.5 Å². The average molecular weight is 460 g/mol. The Hall–Kier alpha value is -2.84. The van der Waals surface area contributed by atoms with Gasteiger partial charge in [0, 0.05) is 31.6 Å². The molecule has 1 aliphatic heterocycles. The summed E-state index contributed by atoms with van der Waals surface area (Å²) in [6, 6.07) is 22.0. The van der Waals surface area contributed by atoms with Crippen LogP contribution in [0.2, 0.25) is 0 Å². The molecular weight excluding hydrogens is 422 g/mol. The van der Waals surface area contributed by atoms with Crippen LogP contribution in [-0.4, -0.2) is 42.3 Å². The maximum Gasteiger partial charge on any atom is 0.410 e. The van der Waals surface area contributed by atoms with Crippen LogP contribution in [-0.2, 0) is 17.6 Å². The number of nitrogens with zero attached hydrogens (tertiary/aromatic N) is 2. The number of carbonyl (C=O) groups excluding carboxylic acids is 1. The molecule has 0 spiro atoms. The van der Waals surface area contributed by atoms with Gasteiger partial charge < -0.3 is 15.0 Å². The highest BCUT2D eigenvalue weighted by molar-refractivity contribution is 5.68. The summed E-state index contributed by atoms with van der Waals surface area (Å²) in [7, 11) is 0. The largest absolute Gasteiger partial charge is 0.444 e. The number of nitrogens with one attached hydrogen (secondary N) is 1. The molecule has 0 unspecified atom stereocenters. The molecule has 2 fully saturated rings. The first kappa shape index (κ1) is 24.3. The van der Waals surface area contributed by atoms with Crippen LogP contribution in [0.5, 0.6) is 0 Å². The van der Waals surface area contributed by atoms with E-state index in [2.05, 4.69) is 66.0 Å². The third-order valence-corrected chi connectivity index (χ3v) is 7.12. The van der Waals surface area contributed by atoms with Gasteiger partial charge in [0.15, 0.2) is 0 Å². The molecule has 5 nitrogen and oxygen atoms in total. The van der Waals surface area contributed by atoms with E-state index in [4.69, 9.17) is 10.00 Å². The molecule has 0 bridgehead atoms. The first-order valence-corrected chi connectivity index (χ1v) is 12.5. The number of rotatable bonds is 7. The first-order chi connectivity index (χ1) is 16.3. The van der Waals surface area contributed by atoms with Crippen LogP contribution in [0.25, 0.3) is 0 Å². The quantitative estimate of drug-likeness (QED) is 0.597. The predicted molar refractivity (Wildman–Crippen MR) is 135 cm³/mol. The summed E-state index contributed by atoms with van der Waals surface area (Å²) >= 11 is 0. The molecule has 2 aromatic carbocycles. The zero-order chi connectivity index (χ0) is 24.2. The van der Waals surface area contributed by atoms with E-state index in [0.29, 0.717) is 18.4 Å². The second-order valence-electron chi connectivity index (χ2n) is 11.0. The lowest BCUT2D eigenvalue weighted by atomic mass is 9.73. The first-order valence-electron chi connectivity index (χ1n) is 12.5. The SMILES string of the molecule is CC(C)(C)OC(=O)N1CCC(CN[C@@H]2C[C@H]2c2ccccc2)(Cc2ccc(CC#N)cc2)CC1. The molecule has 2 aliphatic rings. The second kappa shape index (κ2) is 10.2. The number of ether oxygens (including phenoxy) is 1. The highest BCUT2D eigenvalue weighted by Crippen LogP contribution is 2.42. The summed E-state index contributed by atoms with van der Waals surface area (Å²) in [5.41, 5.74) is 3.39. The number of nitriles is 1. The van der Waals surface area contributed by atoms with E-state index < -0.39 is 5.60 Å². The highest BCUT2D eigenvalue weighted by atomic mass is 16.6. The minimum atomic E-state index is -0.475. The monoisotopic (exact) mass is 459 g/mol. The van der Waals surface area contributed by atoms with Crippen molar-refractivity contribution in [2.45, 2.75) is 70.4 Å². The molecule has 34 heavy (non-hydrogen) atoms. The van der Waals surface area contributed by atoms with Crippen LogP contribution in [0.4, 0.5) is 4.79 Å². The fraction of sp³-hybridized carbons (Fsp3) is 0.517. The Balaban J connectivity index is 1.41. The molecule has 1 N–H and O–H groups in total. The number of piperidine rings is 1. The van der Waals surface area contributed by atoms with Gasteiger partial charge in [0.05, 0.1) is 12.5 Å². The lowest BCUT2D eigenvalue weighted by Gasteiger charge is -2.42. The number of amides is 1. The molecule has 4 rings (SSSR count). The van der Waals surface area contributed by atoms with E-state index in [1.807, 2.05) is 25.7 Å². The van der Waals surface area contributed by atoms with Crippen molar-refractivity contribution in [3.8, 4) is 6.07 Å². The standard InChI is InChI=1S/C29H37N3O2/c1-28(2,3)34-27(33)32-17-14-29(15-18-32,20-23-11-9-22(10-12-23)13-16-30)21-31-26-19-25(26)24-7-5-4-6-8-24/h4-12,25-26,31H,13-15,17-21H2,1-3H3/t25-,26+/m0/s1. The number of benzene rings is 2. The van der Waals surface area contributed by atoms with Crippen LogP contribution in [0, 0.1) is 16.7 Å². The number of hydrogen-bond acceptors (Lipinski definition) is 4. The Labute approximate surface area is 204 Å². The lowest BCUT2D eigenvalue weighted by Crippen LogP contribution is -2.49. The summed E-state index contributed by atoms with van der Waals surface area (Å²) in [6.07, 6.45) is 4.29. The molecule has 1 aliphatic carbocycles. The smallest absolute Gasteiger partial charge is 0.410 e. The van der Waals surface area contributed by atoms with Gasteiger partial charge in [0.2, 0.25) is 0 Å². The molecule has 0 aromatic heterocycles. The summed E-state index contributed by atoms with van der Waals surface area (Å²) in [4.78, 5) is 14.5. The van der Waals surface area contributed by atoms with Crippen molar-refractivity contribution in [2.24, 2.45) is 5.41 Å². The third kappa shape index (κ3) is 6.39. The Bertz CT molecular complexity index is 996. The Kier molecular flexibility index (Phi) is 7.28. The Morgan fingerprint density at radius 1 is 1.09 bits per heavy atom. The molecule has 1 saturated heterocycles. The molecule has 2 atom stereocenters. The van der Waals surface area contributed by atoms with Crippen LogP contribution in [0.1, 0.15) is 62.6 Å². The van der Waals surface area contributed by atoms with E-state index in [9.17, 15) is 4.79 Å². The van der Waals surface area contributed by atoms with E-state index in [1.54, 1.807) is 0 Å². The van der Waals surface area contributed by atoms with Crippen molar-refractivity contribution in [1.29, 1.82) is 5.26 Å². The molecule has 2 aromatic rings. The average Bonchev–Trinajstić information content (AvgIpc) is 3.59. The summed E-state index contributed by atoms with van der Waals surface area (Å²) in [6.45, 7) is 8.13. The van der Waals surface area contributed by atoms with Crippen molar-refractivity contribution < 1.29 is 9.53 Å². The zero-order valence-corrected chi connectivity index (χ0v) is 20.7. The molecule has 1 amide bonds. The summed E-state index contributed by atoms with van der Waals surface area (Å²) in [5, 5.41) is 12.8. The fourth-order valence-corrected chi connectivity index (χ4v) is 5.04. The molecule has 1 saturated carbocycles. The van der Waals surface area contributed by atoms with Gasteiger partial charge in [-0.25, -0.2) is 4.79 Å². The second-order valence-corrected chi connectivity index (χ2v) is 11.0. The van der Waals surface area contributed by atoms with Gasteiger partial charge in [0.25, 0.3) is 0 Å². The van der Waals surface area contributed by atoms with Gasteiger partial charge in [-0.2, -0.15) is 5.26 Å². The topological polar surface area (TPSA) is 65.4 Å². The minimum Gasteiger partial charge on any atom is -0.444 e. The maximum absolute atomic E-state index is 12.6. The van der Waals surface area contributed by atoms with E-state index in [-0.39, 0.29) is 11.5 Å². The Morgan fingerprint density at radius 3 is 2.35 bits per heavy atom. The number of hydrogen-bond donors (Lipinski definition) is 1. The van der Waals surface area contributed by atoms with Gasteiger partial charge in [-0.05, 0) is 68.6 Å². The van der Waals surface area contributed by atoms with Crippen LogP contribution < -0.4 is 5.32 Å². The zero-order valence-electron chi connectivity index (χ0n) is 20.7. The van der Waals surface area contributed by atoms with Crippen LogP contribution in [0.3, 0.4) is 0 Å². The minimum absolute atomic E-state index is 0.0963. The molecule has 1 heterocycles. The van der Waals surface area contributed by atoms with Crippen LogP contribution in [0.15, 0.2) is 54.6 Å². The van der Waals surface area contributed by atoms with Crippen LogP contribution >= 0.6 is 0 Å². The lowest BCUT2D eigenvalue weighted by molar-refractivity contribution is 0.00991. The number of likely N-dealkylation sites (tertiary alicyclic amines) is 1. The molecule has 0 radical (unpaired) electrons. The predicted octanol–water partition coefficient (Wildman–Crippen LogP) is 5.46.